The summed E-state index contributed by atoms with van der Waals surface area (Å²) >= 11 is 0. The van der Waals surface area contributed by atoms with Gasteiger partial charge in [-0.25, -0.2) is 0 Å². The molecule has 1 heteroatoms. The van der Waals surface area contributed by atoms with Gasteiger partial charge < -0.3 is 5.73 Å². The van der Waals surface area contributed by atoms with Crippen LogP contribution in [0, 0.1) is 19.8 Å². The highest BCUT2D eigenvalue weighted by atomic mass is 14.8. The van der Waals surface area contributed by atoms with Crippen LogP contribution in [0.1, 0.15) is 49.3 Å². The second-order valence-electron chi connectivity index (χ2n) is 5.93. The van der Waals surface area contributed by atoms with E-state index in [4.69, 9.17) is 5.73 Å². The summed E-state index contributed by atoms with van der Waals surface area (Å²) in [6.07, 6.45) is 6.06. The van der Waals surface area contributed by atoms with Crippen LogP contribution in [-0.4, -0.2) is 5.54 Å². The normalized spacial score (nSPS) is 28.6. The largest absolute Gasteiger partial charge is 0.325 e. The summed E-state index contributed by atoms with van der Waals surface area (Å²) in [5.74, 6) is 0.851. The summed E-state index contributed by atoms with van der Waals surface area (Å²) in [7, 11) is 0. The van der Waals surface area contributed by atoms with Crippen molar-refractivity contribution in [2.75, 3.05) is 0 Å². The third-order valence-electron chi connectivity index (χ3n) is 4.50. The van der Waals surface area contributed by atoms with Gasteiger partial charge in [-0.3, -0.25) is 0 Å². The summed E-state index contributed by atoms with van der Waals surface area (Å²) in [6.45, 7) is 6.70. The molecule has 0 radical (unpaired) electrons. The van der Waals surface area contributed by atoms with Crippen molar-refractivity contribution in [1.29, 1.82) is 0 Å². The molecule has 2 rings (SSSR count). The molecule has 2 unspecified atom stereocenters. The number of hydrogen-bond acceptors (Lipinski definition) is 1. The minimum Gasteiger partial charge on any atom is -0.325 e. The Bertz CT molecular complexity index is 376. The topological polar surface area (TPSA) is 26.0 Å². The summed E-state index contributed by atoms with van der Waals surface area (Å²) in [5, 5.41) is 0. The first-order chi connectivity index (χ1) is 8.04. The lowest BCUT2D eigenvalue weighted by Crippen LogP contribution is -2.39. The average molecular weight is 231 g/mol. The van der Waals surface area contributed by atoms with Crippen molar-refractivity contribution < 1.29 is 0 Å². The summed E-state index contributed by atoms with van der Waals surface area (Å²) < 4.78 is 0. The predicted molar refractivity (Wildman–Crippen MR) is 74.2 cm³/mol. The molecule has 0 heterocycles. The standard InChI is InChI=1S/C16H25N/c1-4-14-8-9-16(17,10-14)11-15-12(2)6-5-7-13(15)3/h5-7,14H,4,8-11,17H2,1-3H3. The molecule has 0 spiro atoms. The minimum atomic E-state index is 0.0531. The van der Waals surface area contributed by atoms with E-state index in [2.05, 4.69) is 39.0 Å². The van der Waals surface area contributed by atoms with Crippen LogP contribution in [0.5, 0.6) is 0 Å². The molecule has 1 aliphatic carbocycles. The van der Waals surface area contributed by atoms with Crippen LogP contribution in [0.25, 0.3) is 0 Å². The van der Waals surface area contributed by atoms with Gasteiger partial charge in [-0.15, -0.1) is 0 Å². The Morgan fingerprint density at radius 1 is 1.29 bits per heavy atom. The second kappa shape index (κ2) is 4.81. The van der Waals surface area contributed by atoms with Crippen LogP contribution in [0.2, 0.25) is 0 Å². The van der Waals surface area contributed by atoms with Gasteiger partial charge in [-0.2, -0.15) is 0 Å². The van der Waals surface area contributed by atoms with Gasteiger partial charge in [0.05, 0.1) is 0 Å². The maximum atomic E-state index is 6.59. The van der Waals surface area contributed by atoms with Gasteiger partial charge in [0.2, 0.25) is 0 Å². The lowest BCUT2D eigenvalue weighted by Gasteiger charge is -2.26. The third kappa shape index (κ3) is 2.71. The van der Waals surface area contributed by atoms with Crippen LogP contribution in [0.15, 0.2) is 18.2 Å². The average Bonchev–Trinajstić information content (AvgIpc) is 2.66. The fourth-order valence-corrected chi connectivity index (χ4v) is 3.26. The Hall–Kier alpha value is -0.820. The van der Waals surface area contributed by atoms with E-state index in [0.29, 0.717) is 0 Å². The molecular formula is C16H25N. The van der Waals surface area contributed by atoms with Crippen molar-refractivity contribution in [2.45, 2.75) is 58.4 Å². The van der Waals surface area contributed by atoms with Crippen molar-refractivity contribution in [2.24, 2.45) is 11.7 Å². The molecule has 0 bridgehead atoms. The van der Waals surface area contributed by atoms with E-state index >= 15 is 0 Å². The smallest absolute Gasteiger partial charge is 0.0198 e. The Morgan fingerprint density at radius 2 is 1.94 bits per heavy atom. The Kier molecular flexibility index (Phi) is 3.58. The van der Waals surface area contributed by atoms with Gasteiger partial charge in [0.15, 0.2) is 0 Å². The molecule has 0 saturated heterocycles. The molecule has 1 saturated carbocycles. The number of hydrogen-bond donors (Lipinski definition) is 1. The van der Waals surface area contributed by atoms with E-state index in [1.54, 1.807) is 0 Å². The zero-order valence-corrected chi connectivity index (χ0v) is 11.4. The molecular weight excluding hydrogens is 206 g/mol. The van der Waals surface area contributed by atoms with Crippen LogP contribution >= 0.6 is 0 Å². The molecule has 0 amide bonds. The van der Waals surface area contributed by atoms with Gasteiger partial charge in [0.1, 0.15) is 0 Å². The van der Waals surface area contributed by atoms with Crippen molar-refractivity contribution in [3.8, 4) is 0 Å². The SMILES string of the molecule is CCC1CCC(N)(Cc2c(C)cccc2C)C1. The molecule has 0 aliphatic heterocycles. The molecule has 1 aromatic carbocycles. The molecule has 17 heavy (non-hydrogen) atoms. The summed E-state index contributed by atoms with van der Waals surface area (Å²) in [5.41, 5.74) is 10.9. The summed E-state index contributed by atoms with van der Waals surface area (Å²) in [6, 6.07) is 6.55. The first-order valence-corrected chi connectivity index (χ1v) is 6.88. The van der Waals surface area contributed by atoms with Gasteiger partial charge in [-0.05, 0) is 62.1 Å². The van der Waals surface area contributed by atoms with Gasteiger partial charge >= 0.3 is 0 Å². The van der Waals surface area contributed by atoms with E-state index in [1.165, 1.54) is 42.4 Å². The fraction of sp³-hybridized carbons (Fsp3) is 0.625. The molecule has 94 valence electrons. The third-order valence-corrected chi connectivity index (χ3v) is 4.50. The van der Waals surface area contributed by atoms with Crippen molar-refractivity contribution in [3.63, 3.8) is 0 Å². The molecule has 1 aliphatic rings. The maximum Gasteiger partial charge on any atom is 0.0198 e. The van der Waals surface area contributed by atoms with Gasteiger partial charge in [0, 0.05) is 5.54 Å². The first-order valence-electron chi connectivity index (χ1n) is 6.88. The Labute approximate surface area is 105 Å². The van der Waals surface area contributed by atoms with E-state index in [9.17, 15) is 0 Å². The quantitative estimate of drug-likeness (QED) is 0.842. The van der Waals surface area contributed by atoms with E-state index in [-0.39, 0.29) is 5.54 Å². The first kappa shape index (κ1) is 12.6. The highest BCUT2D eigenvalue weighted by Gasteiger charge is 2.35. The maximum absolute atomic E-state index is 6.59. The monoisotopic (exact) mass is 231 g/mol. The van der Waals surface area contributed by atoms with Gasteiger partial charge in [0.25, 0.3) is 0 Å². The number of rotatable bonds is 3. The molecule has 2 atom stereocenters. The molecule has 1 nitrogen and oxygen atoms in total. The number of nitrogens with two attached hydrogens (primary N) is 1. The van der Waals surface area contributed by atoms with Crippen LogP contribution in [-0.2, 0) is 6.42 Å². The molecule has 0 aromatic heterocycles. The van der Waals surface area contributed by atoms with E-state index in [0.717, 1.165) is 12.3 Å². The van der Waals surface area contributed by atoms with Crippen molar-refractivity contribution in [1.82, 2.24) is 0 Å². The minimum absolute atomic E-state index is 0.0531. The summed E-state index contributed by atoms with van der Waals surface area (Å²) in [4.78, 5) is 0. The van der Waals surface area contributed by atoms with Crippen molar-refractivity contribution >= 4 is 0 Å². The number of aryl methyl sites for hydroxylation is 2. The lowest BCUT2D eigenvalue weighted by atomic mass is 9.85. The second-order valence-corrected chi connectivity index (χ2v) is 5.93. The Morgan fingerprint density at radius 3 is 2.47 bits per heavy atom. The number of benzene rings is 1. The van der Waals surface area contributed by atoms with Crippen molar-refractivity contribution in [3.05, 3.63) is 34.9 Å². The zero-order valence-electron chi connectivity index (χ0n) is 11.4. The highest BCUT2D eigenvalue weighted by Crippen LogP contribution is 2.37. The Balaban J connectivity index is 2.16. The van der Waals surface area contributed by atoms with E-state index in [1.807, 2.05) is 0 Å². The lowest BCUT2D eigenvalue weighted by molar-refractivity contribution is 0.405. The molecule has 1 fully saturated rings. The van der Waals surface area contributed by atoms with Gasteiger partial charge in [-0.1, -0.05) is 31.5 Å². The van der Waals surface area contributed by atoms with Crippen LogP contribution < -0.4 is 5.73 Å². The zero-order chi connectivity index (χ0) is 12.5. The highest BCUT2D eigenvalue weighted by molar-refractivity contribution is 5.35. The van der Waals surface area contributed by atoms with Crippen LogP contribution in [0.3, 0.4) is 0 Å². The predicted octanol–water partition coefficient (Wildman–Crippen LogP) is 3.75. The molecule has 1 aromatic rings. The molecule has 2 N–H and O–H groups in total. The fourth-order valence-electron chi connectivity index (χ4n) is 3.26. The van der Waals surface area contributed by atoms with E-state index < -0.39 is 0 Å². The van der Waals surface area contributed by atoms with Crippen LogP contribution in [0.4, 0.5) is 0 Å².